The number of rotatable bonds is 10. The molecule has 0 radical (unpaired) electrons. The van der Waals surface area contributed by atoms with Gasteiger partial charge in [0.05, 0.1) is 24.5 Å². The summed E-state index contributed by atoms with van der Waals surface area (Å²) in [5.41, 5.74) is 0. The van der Waals surface area contributed by atoms with Crippen molar-refractivity contribution in [2.45, 2.75) is 24.5 Å². The zero-order valence-electron chi connectivity index (χ0n) is 27.3. The Hall–Kier alpha value is -5.50. The van der Waals surface area contributed by atoms with E-state index in [1.807, 2.05) is 30.3 Å². The van der Waals surface area contributed by atoms with Crippen LogP contribution in [0.2, 0.25) is 0 Å². The van der Waals surface area contributed by atoms with E-state index in [2.05, 4.69) is 0 Å². The van der Waals surface area contributed by atoms with Crippen molar-refractivity contribution >= 4 is 59.7 Å². The van der Waals surface area contributed by atoms with Gasteiger partial charge in [-0.1, -0.05) is 91.0 Å². The van der Waals surface area contributed by atoms with Gasteiger partial charge in [-0.2, -0.15) is 0 Å². The maximum atomic E-state index is 9.94. The second kappa shape index (κ2) is 36.8. The van der Waals surface area contributed by atoms with Crippen molar-refractivity contribution in [2.24, 2.45) is 0 Å². The predicted octanol–water partition coefficient (Wildman–Crippen LogP) is 10.6. The van der Waals surface area contributed by atoms with Gasteiger partial charge in [0.15, 0.2) is 0 Å². The van der Waals surface area contributed by atoms with E-state index in [1.54, 1.807) is 121 Å². The van der Waals surface area contributed by atoms with E-state index in [0.29, 0.717) is 84.2 Å². The summed E-state index contributed by atoms with van der Waals surface area (Å²) in [7, 11) is 0. The van der Waals surface area contributed by atoms with E-state index >= 15 is 0 Å². The third kappa shape index (κ3) is 35.3. The molecule has 0 amide bonds. The van der Waals surface area contributed by atoms with Crippen LogP contribution >= 0.6 is 59.7 Å². The van der Waals surface area contributed by atoms with E-state index < -0.39 is 21.6 Å². The lowest BCUT2D eigenvalue weighted by Gasteiger charge is -1.87. The lowest BCUT2D eigenvalue weighted by atomic mass is 10.4. The zero-order valence-corrected chi connectivity index (χ0v) is 31.4. The standard InChI is InChI=1S/5C6H5NO2S.5FH/c5*8-7(9)10-6-4-2-1-3-5-6;;;;;/h5*1-5H;5*1H. The van der Waals surface area contributed by atoms with E-state index in [-0.39, 0.29) is 23.5 Å². The molecule has 0 heterocycles. The van der Waals surface area contributed by atoms with Crippen LogP contribution in [0.1, 0.15) is 0 Å². The van der Waals surface area contributed by atoms with Gasteiger partial charge in [-0.05, 0) is 60.7 Å². The molecule has 0 aromatic heterocycles. The molecule has 15 nitrogen and oxygen atoms in total. The first-order valence-corrected chi connectivity index (χ1v) is 17.2. The number of nitro groups is 5. The highest BCUT2D eigenvalue weighted by molar-refractivity contribution is 7.94. The number of nitrogens with zero attached hydrogens (tertiary/aromatic N) is 5. The molecule has 300 valence electrons. The van der Waals surface area contributed by atoms with Gasteiger partial charge in [-0.25, -0.2) is 0 Å². The molecule has 0 saturated heterocycles. The molecule has 0 saturated carbocycles. The fraction of sp³-hybridized carbons (Fsp3) is 0. The van der Waals surface area contributed by atoms with Gasteiger partial charge in [-0.15, -0.1) is 0 Å². The topological polar surface area (TPSA) is 216 Å². The SMILES string of the molecule is F.F.F.F.F.O=[N+]([O-])Sc1ccccc1.O=[N+]([O-])Sc1ccccc1.O=[N+]([O-])Sc1ccccc1.O=[N+]([O-])Sc1ccccc1.O=[N+]([O-])Sc1ccccc1. The molecule has 5 aromatic carbocycles. The molecule has 5 rings (SSSR count). The van der Waals surface area contributed by atoms with Crippen LogP contribution in [0, 0.1) is 50.6 Å². The fourth-order valence-electron chi connectivity index (χ4n) is 2.84. The van der Waals surface area contributed by atoms with Crippen LogP contribution in [0.4, 0.5) is 23.5 Å². The summed E-state index contributed by atoms with van der Waals surface area (Å²) in [4.78, 5) is 53.0. The molecule has 5 aromatic rings. The quantitative estimate of drug-likeness (QED) is 0.0552. The molecule has 0 aliphatic heterocycles. The summed E-state index contributed by atoms with van der Waals surface area (Å²) in [5, 5.41) is 49.7. The van der Waals surface area contributed by atoms with Crippen LogP contribution in [-0.4, -0.2) is 21.6 Å². The Balaban J connectivity index is -0.000000185. The average Bonchev–Trinajstić information content (AvgIpc) is 3.07. The molecule has 0 unspecified atom stereocenters. The summed E-state index contributed by atoms with van der Waals surface area (Å²) in [5.74, 6) is 0. The predicted molar refractivity (Wildman–Crippen MR) is 209 cm³/mol. The molecular formula is C30H30F5N5O10S5. The lowest BCUT2D eigenvalue weighted by Crippen LogP contribution is -1.81. The smallest absolute Gasteiger partial charge is 0.265 e. The minimum atomic E-state index is -0.421. The Labute approximate surface area is 330 Å². The van der Waals surface area contributed by atoms with Crippen LogP contribution in [0.3, 0.4) is 0 Å². The van der Waals surface area contributed by atoms with Crippen molar-refractivity contribution in [3.8, 4) is 0 Å². The van der Waals surface area contributed by atoms with E-state index in [9.17, 15) is 50.6 Å². The van der Waals surface area contributed by atoms with Crippen molar-refractivity contribution in [1.29, 1.82) is 0 Å². The van der Waals surface area contributed by atoms with Gasteiger partial charge >= 0.3 is 0 Å². The van der Waals surface area contributed by atoms with Crippen molar-refractivity contribution in [1.82, 2.24) is 0 Å². The van der Waals surface area contributed by atoms with E-state index in [0.717, 1.165) is 0 Å². The molecule has 0 spiro atoms. The Morgan fingerprint density at radius 3 is 0.455 bits per heavy atom. The van der Waals surface area contributed by atoms with Crippen molar-refractivity contribution < 1.29 is 45.2 Å². The minimum absolute atomic E-state index is 0. The van der Waals surface area contributed by atoms with E-state index in [4.69, 9.17) is 0 Å². The summed E-state index contributed by atoms with van der Waals surface area (Å²) >= 11 is 3.10. The monoisotopic (exact) mass is 875 g/mol. The second-order valence-corrected chi connectivity index (χ2v) is 12.9. The van der Waals surface area contributed by atoms with Crippen LogP contribution in [0.25, 0.3) is 0 Å². The molecule has 0 aliphatic carbocycles. The minimum Gasteiger partial charge on any atom is -0.269 e. The first kappa shape index (κ1) is 58.8. The third-order valence-electron chi connectivity index (χ3n) is 4.62. The van der Waals surface area contributed by atoms with Gasteiger partial charge in [0, 0.05) is 0 Å². The molecule has 0 bridgehead atoms. The van der Waals surface area contributed by atoms with Crippen molar-refractivity contribution in [3.05, 3.63) is 202 Å². The fourth-order valence-corrected chi connectivity index (χ4v) is 5.09. The Morgan fingerprint density at radius 1 is 0.255 bits per heavy atom. The van der Waals surface area contributed by atoms with Gasteiger partial charge in [0.25, 0.3) is 59.7 Å². The Morgan fingerprint density at radius 2 is 0.364 bits per heavy atom. The van der Waals surface area contributed by atoms with Crippen molar-refractivity contribution in [2.75, 3.05) is 0 Å². The molecule has 0 fully saturated rings. The maximum Gasteiger partial charge on any atom is 0.265 e. The highest BCUT2D eigenvalue weighted by atomic mass is 32.2. The van der Waals surface area contributed by atoms with Crippen LogP contribution in [0.5, 0.6) is 0 Å². The number of benzene rings is 5. The van der Waals surface area contributed by atoms with Gasteiger partial charge in [0.1, 0.15) is 21.6 Å². The largest absolute Gasteiger partial charge is 0.269 e. The molecular weight excluding hydrogens is 846 g/mol. The summed E-state index contributed by atoms with van der Waals surface area (Å²) in [6, 6.07) is 43.8. The summed E-state index contributed by atoms with van der Waals surface area (Å²) < 4.78 is -2.11. The molecule has 0 N–H and O–H groups in total. The third-order valence-corrected chi connectivity index (χ3v) is 7.78. The molecule has 55 heavy (non-hydrogen) atoms. The molecule has 25 heteroatoms. The van der Waals surface area contributed by atoms with Crippen LogP contribution in [-0.2, 0) is 0 Å². The summed E-state index contributed by atoms with van der Waals surface area (Å²) in [6.45, 7) is 0. The first-order valence-electron chi connectivity index (χ1n) is 13.3. The normalized spacial score (nSPS) is 8.36. The Bertz CT molecular complexity index is 1450. The average molecular weight is 876 g/mol. The maximum absolute atomic E-state index is 9.94. The van der Waals surface area contributed by atoms with Crippen molar-refractivity contribution in [3.63, 3.8) is 0 Å². The van der Waals surface area contributed by atoms with E-state index in [1.165, 1.54) is 0 Å². The number of halogens is 5. The van der Waals surface area contributed by atoms with Crippen LogP contribution in [0.15, 0.2) is 176 Å². The van der Waals surface area contributed by atoms with Gasteiger partial charge in [-0.3, -0.25) is 74.1 Å². The van der Waals surface area contributed by atoms with Crippen LogP contribution < -0.4 is 0 Å². The Kier molecular flexibility index (Phi) is 39.4. The molecule has 0 aliphatic rings. The highest BCUT2D eigenvalue weighted by Crippen LogP contribution is 2.19. The molecule has 0 atom stereocenters. The first-order chi connectivity index (χ1) is 23.9. The summed E-state index contributed by atoms with van der Waals surface area (Å²) in [6.07, 6.45) is 0. The lowest BCUT2D eigenvalue weighted by molar-refractivity contribution is -0.284. The van der Waals surface area contributed by atoms with Gasteiger partial charge in [0.2, 0.25) is 0 Å². The number of hydrogen-bond acceptors (Lipinski definition) is 15. The second-order valence-electron chi connectivity index (χ2n) is 8.14. The zero-order chi connectivity index (χ0) is 37.0. The highest BCUT2D eigenvalue weighted by Gasteiger charge is 2.04. The van der Waals surface area contributed by atoms with Gasteiger partial charge < -0.3 is 0 Å². The number of hydrogen-bond donors (Lipinski definition) is 0.